The monoisotopic (exact) mass is 282 g/mol. The third-order valence-corrected chi connectivity index (χ3v) is 3.80. The number of nitrogens with one attached hydrogen (secondary N) is 1. The van der Waals surface area contributed by atoms with Gasteiger partial charge in [-0.05, 0) is 42.7 Å². The Balaban J connectivity index is 0.000000272. The zero-order valence-electron chi connectivity index (χ0n) is 12.7. The summed E-state index contributed by atoms with van der Waals surface area (Å²) in [5.41, 5.74) is 3.86. The highest BCUT2D eigenvalue weighted by atomic mass is 16.1. The van der Waals surface area contributed by atoms with Gasteiger partial charge in [-0.3, -0.25) is 9.78 Å². The van der Waals surface area contributed by atoms with Crippen LogP contribution in [0.4, 0.5) is 5.69 Å². The van der Waals surface area contributed by atoms with E-state index in [1.807, 2.05) is 43.3 Å². The van der Waals surface area contributed by atoms with E-state index in [1.54, 1.807) is 6.20 Å². The molecule has 0 radical (unpaired) electrons. The third kappa shape index (κ3) is 4.42. The van der Waals surface area contributed by atoms with Crippen LogP contribution in [0.2, 0.25) is 0 Å². The normalized spacial score (nSPS) is 13.6. The summed E-state index contributed by atoms with van der Waals surface area (Å²) >= 11 is 0. The van der Waals surface area contributed by atoms with Crippen molar-refractivity contribution in [1.82, 2.24) is 4.98 Å². The van der Waals surface area contributed by atoms with Gasteiger partial charge in [-0.25, -0.2) is 0 Å². The number of carbonyl (C=O) groups is 1. The van der Waals surface area contributed by atoms with Crippen molar-refractivity contribution in [2.75, 3.05) is 5.32 Å². The number of pyridine rings is 1. The van der Waals surface area contributed by atoms with E-state index in [4.69, 9.17) is 0 Å². The molecule has 3 nitrogen and oxygen atoms in total. The van der Waals surface area contributed by atoms with Crippen LogP contribution in [0.25, 0.3) is 11.3 Å². The Morgan fingerprint density at radius 3 is 2.52 bits per heavy atom. The van der Waals surface area contributed by atoms with Crippen molar-refractivity contribution in [2.24, 2.45) is 5.92 Å². The van der Waals surface area contributed by atoms with Crippen LogP contribution in [0.1, 0.15) is 31.7 Å². The topological polar surface area (TPSA) is 42.0 Å². The second-order valence-electron chi connectivity index (χ2n) is 5.54. The van der Waals surface area contributed by atoms with Crippen molar-refractivity contribution >= 4 is 12.1 Å². The Morgan fingerprint density at radius 2 is 2.00 bits per heavy atom. The zero-order chi connectivity index (χ0) is 15.1. The summed E-state index contributed by atoms with van der Waals surface area (Å²) in [7, 11) is 0. The first kappa shape index (κ1) is 15.2. The number of benzene rings is 1. The molecule has 3 heteroatoms. The Kier molecular flexibility index (Phi) is 5.50. The number of hydrogen-bond acceptors (Lipinski definition) is 2. The minimum absolute atomic E-state index is 0.673. The largest absolute Gasteiger partial charge is 0.329 e. The van der Waals surface area contributed by atoms with Crippen LogP contribution in [0.15, 0.2) is 42.6 Å². The molecule has 0 bridgehead atoms. The van der Waals surface area contributed by atoms with Crippen LogP contribution < -0.4 is 5.32 Å². The van der Waals surface area contributed by atoms with E-state index in [-0.39, 0.29) is 0 Å². The van der Waals surface area contributed by atoms with Crippen LogP contribution in [-0.2, 0) is 4.79 Å². The summed E-state index contributed by atoms with van der Waals surface area (Å²) in [5.74, 6) is 1.06. The fraction of sp³-hybridized carbons (Fsp3) is 0.333. The van der Waals surface area contributed by atoms with E-state index in [0.717, 1.165) is 28.4 Å². The predicted octanol–water partition coefficient (Wildman–Crippen LogP) is 4.43. The van der Waals surface area contributed by atoms with Gasteiger partial charge in [0, 0.05) is 17.4 Å². The first-order chi connectivity index (χ1) is 10.2. The zero-order valence-corrected chi connectivity index (χ0v) is 12.7. The number of carbonyl (C=O) groups excluding carboxylic acids is 1. The first-order valence-electron chi connectivity index (χ1n) is 7.43. The molecule has 2 aromatic rings. The van der Waals surface area contributed by atoms with Crippen LogP contribution >= 0.6 is 0 Å². The van der Waals surface area contributed by atoms with Gasteiger partial charge in [-0.15, -0.1) is 0 Å². The highest BCUT2D eigenvalue weighted by Gasteiger charge is 2.09. The second kappa shape index (κ2) is 7.58. The van der Waals surface area contributed by atoms with Gasteiger partial charge in [0.05, 0.1) is 5.69 Å². The smallest absolute Gasteiger partial charge is 0.211 e. The summed E-state index contributed by atoms with van der Waals surface area (Å²) in [5, 5.41) is 2.64. The first-order valence-corrected chi connectivity index (χ1v) is 7.43. The molecular weight excluding hydrogens is 260 g/mol. The number of aryl methyl sites for hydroxylation is 1. The molecule has 0 aliphatic heterocycles. The van der Waals surface area contributed by atoms with Crippen molar-refractivity contribution in [3.05, 3.63) is 48.2 Å². The van der Waals surface area contributed by atoms with Gasteiger partial charge in [-0.2, -0.15) is 0 Å². The number of hydrogen-bond donors (Lipinski definition) is 1. The molecule has 1 fully saturated rings. The van der Waals surface area contributed by atoms with E-state index in [1.165, 1.54) is 19.3 Å². The molecule has 110 valence electrons. The molecule has 1 heterocycles. The third-order valence-electron chi connectivity index (χ3n) is 3.80. The molecule has 0 spiro atoms. The molecule has 1 amide bonds. The highest BCUT2D eigenvalue weighted by Crippen LogP contribution is 2.25. The SMILES string of the molecule is CC1CCC1.Cc1ccc(NC=O)cc1-c1ccccn1. The van der Waals surface area contributed by atoms with Crippen molar-refractivity contribution < 1.29 is 4.79 Å². The number of anilines is 1. The number of amides is 1. The van der Waals surface area contributed by atoms with Gasteiger partial charge in [0.15, 0.2) is 0 Å². The summed E-state index contributed by atoms with van der Waals surface area (Å²) < 4.78 is 0. The minimum atomic E-state index is 0.673. The fourth-order valence-electron chi connectivity index (χ4n) is 2.19. The molecule has 1 aromatic carbocycles. The van der Waals surface area contributed by atoms with Gasteiger partial charge in [0.1, 0.15) is 0 Å². The summed E-state index contributed by atoms with van der Waals surface area (Å²) in [6.45, 7) is 4.33. The molecule has 1 aliphatic carbocycles. The summed E-state index contributed by atoms with van der Waals surface area (Å²) in [4.78, 5) is 14.7. The Labute approximate surface area is 126 Å². The molecule has 21 heavy (non-hydrogen) atoms. The molecule has 1 saturated carbocycles. The van der Waals surface area contributed by atoms with Crippen molar-refractivity contribution in [3.63, 3.8) is 0 Å². The van der Waals surface area contributed by atoms with Gasteiger partial charge in [0.25, 0.3) is 0 Å². The molecule has 0 unspecified atom stereocenters. The van der Waals surface area contributed by atoms with Crippen molar-refractivity contribution in [3.8, 4) is 11.3 Å². The van der Waals surface area contributed by atoms with E-state index < -0.39 is 0 Å². The molecule has 3 rings (SSSR count). The van der Waals surface area contributed by atoms with Crippen LogP contribution in [0, 0.1) is 12.8 Å². The Hall–Kier alpha value is -2.16. The molecule has 1 N–H and O–H groups in total. The van der Waals surface area contributed by atoms with Crippen LogP contribution in [0.3, 0.4) is 0 Å². The second-order valence-corrected chi connectivity index (χ2v) is 5.54. The maximum atomic E-state index is 10.4. The van der Waals surface area contributed by atoms with Crippen molar-refractivity contribution in [2.45, 2.75) is 33.1 Å². The molecule has 0 atom stereocenters. The number of aromatic nitrogens is 1. The number of nitrogens with zero attached hydrogens (tertiary/aromatic N) is 1. The molecule has 1 aromatic heterocycles. The molecule has 0 saturated heterocycles. The maximum absolute atomic E-state index is 10.4. The molecule has 1 aliphatic rings. The fourth-order valence-corrected chi connectivity index (χ4v) is 2.19. The van der Waals surface area contributed by atoms with E-state index >= 15 is 0 Å². The maximum Gasteiger partial charge on any atom is 0.211 e. The van der Waals surface area contributed by atoms with Gasteiger partial charge in [0.2, 0.25) is 6.41 Å². The lowest BCUT2D eigenvalue weighted by Gasteiger charge is -2.18. The summed E-state index contributed by atoms with van der Waals surface area (Å²) in [6.07, 6.45) is 6.89. The average Bonchev–Trinajstić information content (AvgIpc) is 2.49. The minimum Gasteiger partial charge on any atom is -0.329 e. The Morgan fingerprint density at radius 1 is 1.24 bits per heavy atom. The standard InChI is InChI=1S/C13H12N2O.C5H10/c1-10-5-6-11(15-9-16)8-12(10)13-4-2-3-7-14-13;1-5-3-2-4-5/h2-9H,1H3,(H,15,16);5H,2-4H2,1H3. The van der Waals surface area contributed by atoms with E-state index in [2.05, 4.69) is 17.2 Å². The van der Waals surface area contributed by atoms with Crippen LogP contribution in [0.5, 0.6) is 0 Å². The molecular formula is C18H22N2O. The lowest BCUT2D eigenvalue weighted by atomic mass is 9.88. The lowest BCUT2D eigenvalue weighted by molar-refractivity contribution is -0.105. The highest BCUT2D eigenvalue weighted by molar-refractivity contribution is 5.76. The van der Waals surface area contributed by atoms with E-state index in [0.29, 0.717) is 6.41 Å². The van der Waals surface area contributed by atoms with Crippen LogP contribution in [-0.4, -0.2) is 11.4 Å². The van der Waals surface area contributed by atoms with Gasteiger partial charge in [-0.1, -0.05) is 38.3 Å². The Bertz CT molecular complexity index is 577. The average molecular weight is 282 g/mol. The van der Waals surface area contributed by atoms with Gasteiger partial charge >= 0.3 is 0 Å². The van der Waals surface area contributed by atoms with E-state index in [9.17, 15) is 4.79 Å². The van der Waals surface area contributed by atoms with Crippen molar-refractivity contribution in [1.29, 1.82) is 0 Å². The quantitative estimate of drug-likeness (QED) is 0.846. The number of rotatable bonds is 3. The summed E-state index contributed by atoms with van der Waals surface area (Å²) in [6, 6.07) is 11.5. The predicted molar refractivity (Wildman–Crippen MR) is 87.1 cm³/mol. The van der Waals surface area contributed by atoms with Gasteiger partial charge < -0.3 is 5.32 Å². The lowest BCUT2D eigenvalue weighted by Crippen LogP contribution is -2.04.